The van der Waals surface area contributed by atoms with Crippen LogP contribution in [0.3, 0.4) is 0 Å². The molecule has 0 spiro atoms. The molecule has 0 saturated carbocycles. The molecule has 28 heavy (non-hydrogen) atoms. The number of ether oxygens (including phenoxy) is 1. The van der Waals surface area contributed by atoms with Crippen molar-refractivity contribution in [2.24, 2.45) is 0 Å². The van der Waals surface area contributed by atoms with Crippen LogP contribution in [-0.4, -0.2) is 75.0 Å². The van der Waals surface area contributed by atoms with Crippen LogP contribution in [0.15, 0.2) is 29.2 Å². The second-order valence-electron chi connectivity index (χ2n) is 6.75. The van der Waals surface area contributed by atoms with Crippen molar-refractivity contribution in [3.63, 3.8) is 0 Å². The van der Waals surface area contributed by atoms with Gasteiger partial charge in [0.1, 0.15) is 12.1 Å². The Kier molecular flexibility index (Phi) is 5.98. The van der Waals surface area contributed by atoms with Crippen LogP contribution < -0.4 is 4.72 Å². The van der Waals surface area contributed by atoms with Crippen LogP contribution in [0, 0.1) is 11.3 Å². The van der Waals surface area contributed by atoms with Crippen LogP contribution >= 0.6 is 0 Å². The number of amides is 2. The van der Waals surface area contributed by atoms with E-state index in [0.717, 1.165) is 0 Å². The summed E-state index contributed by atoms with van der Waals surface area (Å²) in [6.07, 6.45) is 0.275. The highest BCUT2D eigenvalue weighted by Crippen LogP contribution is 2.19. The van der Waals surface area contributed by atoms with Crippen molar-refractivity contribution >= 4 is 21.8 Å². The highest BCUT2D eigenvalue weighted by molar-refractivity contribution is 7.89. The molecule has 150 valence electrons. The molecule has 2 aliphatic rings. The first-order valence-electron chi connectivity index (χ1n) is 9.03. The molecule has 1 aromatic rings. The number of sulfonamides is 1. The lowest BCUT2D eigenvalue weighted by molar-refractivity contribution is -0.146. The van der Waals surface area contributed by atoms with E-state index in [9.17, 15) is 18.0 Å². The van der Waals surface area contributed by atoms with Gasteiger partial charge in [-0.1, -0.05) is 6.07 Å². The number of carbonyl (C=O) groups is 2. The first-order valence-corrected chi connectivity index (χ1v) is 10.5. The summed E-state index contributed by atoms with van der Waals surface area (Å²) in [5.41, 5.74) is 0.215. The zero-order chi connectivity index (χ0) is 20.3. The van der Waals surface area contributed by atoms with Crippen LogP contribution in [0.1, 0.15) is 18.9 Å². The van der Waals surface area contributed by atoms with Crippen molar-refractivity contribution in [2.45, 2.75) is 30.3 Å². The molecular weight excluding hydrogens is 384 g/mol. The number of benzene rings is 1. The lowest BCUT2D eigenvalue weighted by atomic mass is 10.2. The maximum atomic E-state index is 12.7. The molecule has 0 aliphatic carbocycles. The van der Waals surface area contributed by atoms with Crippen molar-refractivity contribution in [3.05, 3.63) is 29.8 Å². The van der Waals surface area contributed by atoms with Gasteiger partial charge in [-0.3, -0.25) is 9.59 Å². The highest BCUT2D eigenvalue weighted by atomic mass is 32.2. The fourth-order valence-electron chi connectivity index (χ4n) is 3.37. The molecule has 2 amide bonds. The Labute approximate surface area is 163 Å². The Bertz CT molecular complexity index is 905. The van der Waals surface area contributed by atoms with Crippen LogP contribution in [0.5, 0.6) is 0 Å². The van der Waals surface area contributed by atoms with Crippen LogP contribution in [0.4, 0.5) is 0 Å². The Morgan fingerprint density at radius 1 is 1.32 bits per heavy atom. The summed E-state index contributed by atoms with van der Waals surface area (Å²) in [5, 5.41) is 8.94. The Balaban J connectivity index is 1.68. The Hall–Kier alpha value is -2.48. The Morgan fingerprint density at radius 2 is 2.04 bits per heavy atom. The van der Waals surface area contributed by atoms with Gasteiger partial charge in [0.15, 0.2) is 0 Å². The van der Waals surface area contributed by atoms with Crippen LogP contribution in [0.25, 0.3) is 0 Å². The number of nitriles is 1. The maximum absolute atomic E-state index is 12.7. The quantitative estimate of drug-likeness (QED) is 0.716. The third kappa shape index (κ3) is 4.16. The van der Waals surface area contributed by atoms with E-state index >= 15 is 0 Å². The van der Waals surface area contributed by atoms with Gasteiger partial charge >= 0.3 is 0 Å². The molecule has 2 fully saturated rings. The molecule has 0 bridgehead atoms. The van der Waals surface area contributed by atoms with Crippen LogP contribution in [0.2, 0.25) is 0 Å². The normalized spacial score (nSPS) is 21.4. The number of nitrogens with one attached hydrogen (secondary N) is 1. The molecule has 2 atom stereocenters. The zero-order valence-electron chi connectivity index (χ0n) is 15.5. The van der Waals surface area contributed by atoms with Gasteiger partial charge in [-0.25, -0.2) is 8.42 Å². The number of morpholine rings is 1. The molecule has 2 saturated heterocycles. The second-order valence-corrected chi connectivity index (χ2v) is 8.46. The SMILES string of the molecule is CC(C(=O)N1CCOCC1)N1CCC(NS(=O)(=O)c2cccc(C#N)c2)C1=O. The standard InChI is InChI=1S/C18H22N4O5S/c1-13(17(23)21-7-9-27-10-8-21)22-6-5-16(18(22)24)20-28(25,26)15-4-2-3-14(11-15)12-19/h2-4,11,13,16,20H,5-10H2,1H3. The Morgan fingerprint density at radius 3 is 2.71 bits per heavy atom. The molecule has 3 rings (SSSR count). The summed E-state index contributed by atoms with van der Waals surface area (Å²) in [7, 11) is -3.96. The number of rotatable bonds is 5. The van der Waals surface area contributed by atoms with Gasteiger partial charge in [-0.15, -0.1) is 0 Å². The summed E-state index contributed by atoms with van der Waals surface area (Å²) in [6, 6.07) is 5.88. The number of likely N-dealkylation sites (tertiary alicyclic amines) is 1. The number of carbonyl (C=O) groups excluding carboxylic acids is 2. The predicted molar refractivity (Wildman–Crippen MR) is 98.5 cm³/mol. The molecule has 0 radical (unpaired) electrons. The fraction of sp³-hybridized carbons (Fsp3) is 0.500. The van der Waals surface area contributed by atoms with Crippen molar-refractivity contribution < 1.29 is 22.7 Å². The van der Waals surface area contributed by atoms with Crippen molar-refractivity contribution in [3.8, 4) is 6.07 Å². The average molecular weight is 406 g/mol. The third-order valence-electron chi connectivity index (χ3n) is 4.96. The van der Waals surface area contributed by atoms with Crippen molar-refractivity contribution in [1.82, 2.24) is 14.5 Å². The molecular formula is C18H22N4O5S. The first kappa shape index (κ1) is 20.3. The summed E-state index contributed by atoms with van der Waals surface area (Å²) >= 11 is 0. The molecule has 2 heterocycles. The first-order chi connectivity index (χ1) is 13.3. The molecule has 2 aliphatic heterocycles. The van der Waals surface area contributed by atoms with Gasteiger partial charge in [0.05, 0.1) is 29.7 Å². The van der Waals surface area contributed by atoms with Crippen molar-refractivity contribution in [2.75, 3.05) is 32.8 Å². The molecule has 2 unspecified atom stereocenters. The summed E-state index contributed by atoms with van der Waals surface area (Å²) in [5.74, 6) is -0.587. The van der Waals surface area contributed by atoms with E-state index in [-0.39, 0.29) is 22.8 Å². The largest absolute Gasteiger partial charge is 0.378 e. The number of hydrogen-bond donors (Lipinski definition) is 1. The molecule has 0 aromatic heterocycles. The van der Waals surface area contributed by atoms with Gasteiger partial charge < -0.3 is 14.5 Å². The fourth-order valence-corrected chi connectivity index (χ4v) is 4.63. The van der Waals surface area contributed by atoms with Gasteiger partial charge in [-0.05, 0) is 31.5 Å². The van der Waals surface area contributed by atoms with E-state index in [0.29, 0.717) is 32.8 Å². The summed E-state index contributed by atoms with van der Waals surface area (Å²) < 4.78 is 32.8. The average Bonchev–Trinajstić information content (AvgIpc) is 3.07. The van der Waals surface area contributed by atoms with Gasteiger partial charge in [0, 0.05) is 19.6 Å². The van der Waals surface area contributed by atoms with E-state index in [1.165, 1.54) is 29.2 Å². The van der Waals surface area contributed by atoms with Gasteiger partial charge in [0.2, 0.25) is 21.8 Å². The lowest BCUT2D eigenvalue weighted by Gasteiger charge is -2.32. The van der Waals surface area contributed by atoms with E-state index in [4.69, 9.17) is 10.00 Å². The molecule has 1 aromatic carbocycles. The highest BCUT2D eigenvalue weighted by Gasteiger charge is 2.40. The van der Waals surface area contributed by atoms with E-state index < -0.39 is 28.0 Å². The monoisotopic (exact) mass is 406 g/mol. The smallest absolute Gasteiger partial charge is 0.245 e. The second kappa shape index (κ2) is 8.26. The maximum Gasteiger partial charge on any atom is 0.245 e. The lowest BCUT2D eigenvalue weighted by Crippen LogP contribution is -2.52. The van der Waals surface area contributed by atoms with E-state index in [1.807, 2.05) is 6.07 Å². The number of hydrogen-bond acceptors (Lipinski definition) is 6. The topological polar surface area (TPSA) is 120 Å². The van der Waals surface area contributed by atoms with Gasteiger partial charge in [0.25, 0.3) is 0 Å². The minimum atomic E-state index is -3.96. The third-order valence-corrected chi connectivity index (χ3v) is 6.43. The molecule has 1 N–H and O–H groups in total. The molecule has 10 heteroatoms. The van der Waals surface area contributed by atoms with E-state index in [1.54, 1.807) is 11.8 Å². The minimum Gasteiger partial charge on any atom is -0.378 e. The predicted octanol–water partition coefficient (Wildman–Crippen LogP) is -0.315. The number of nitrogens with zero attached hydrogens (tertiary/aromatic N) is 3. The molecule has 9 nitrogen and oxygen atoms in total. The summed E-state index contributed by atoms with van der Waals surface area (Å²) in [4.78, 5) is 28.3. The zero-order valence-corrected chi connectivity index (χ0v) is 16.3. The van der Waals surface area contributed by atoms with E-state index in [2.05, 4.69) is 4.72 Å². The van der Waals surface area contributed by atoms with Gasteiger partial charge in [-0.2, -0.15) is 9.98 Å². The summed E-state index contributed by atoms with van der Waals surface area (Å²) in [6.45, 7) is 3.85. The van der Waals surface area contributed by atoms with Crippen molar-refractivity contribution in [1.29, 1.82) is 5.26 Å². The van der Waals surface area contributed by atoms with Crippen LogP contribution in [-0.2, 0) is 24.3 Å². The minimum absolute atomic E-state index is 0.0739.